The molecule has 0 bridgehead atoms. The molecule has 0 spiro atoms. The number of hydrogen-bond donors (Lipinski definition) is 1. The van der Waals surface area contributed by atoms with E-state index in [4.69, 9.17) is 14.2 Å². The van der Waals surface area contributed by atoms with E-state index in [1.165, 1.54) is 11.0 Å². The van der Waals surface area contributed by atoms with Crippen LogP contribution in [0.1, 0.15) is 0 Å². The number of tetrazole rings is 1. The van der Waals surface area contributed by atoms with Gasteiger partial charge in [0.05, 0.1) is 5.69 Å². The number of carbonyl (C=O) groups excluding carboxylic acids is 1. The van der Waals surface area contributed by atoms with Crippen LogP contribution in [0.4, 0.5) is 5.69 Å². The van der Waals surface area contributed by atoms with Crippen LogP contribution in [0.2, 0.25) is 0 Å². The van der Waals surface area contributed by atoms with E-state index >= 15 is 0 Å². The average molecular weight is 353 g/mol. The molecule has 1 N–H and O–H groups in total. The van der Waals surface area contributed by atoms with E-state index in [1.54, 1.807) is 36.4 Å². The zero-order chi connectivity index (χ0) is 17.8. The summed E-state index contributed by atoms with van der Waals surface area (Å²) in [7, 11) is 0. The van der Waals surface area contributed by atoms with Gasteiger partial charge in [-0.15, -0.1) is 5.10 Å². The molecule has 4 rings (SSSR count). The standard InChI is InChI=1S/C17H15N5O4/c23-17(19-12-4-5-15-16(8-12)25-7-6-24-15)10-26-14-3-1-2-13(9-14)22-11-18-20-21-22/h1-5,8-9,11H,6-7,10H2,(H,19,23). The minimum absolute atomic E-state index is 0.131. The Morgan fingerprint density at radius 3 is 2.88 bits per heavy atom. The minimum Gasteiger partial charge on any atom is -0.486 e. The molecule has 0 saturated heterocycles. The molecule has 1 aliphatic heterocycles. The molecule has 132 valence electrons. The van der Waals surface area contributed by atoms with E-state index in [2.05, 4.69) is 20.8 Å². The fourth-order valence-corrected chi connectivity index (χ4v) is 2.46. The lowest BCUT2D eigenvalue weighted by molar-refractivity contribution is -0.118. The van der Waals surface area contributed by atoms with Gasteiger partial charge in [0.15, 0.2) is 18.1 Å². The van der Waals surface area contributed by atoms with Gasteiger partial charge < -0.3 is 19.5 Å². The highest BCUT2D eigenvalue weighted by Crippen LogP contribution is 2.32. The summed E-state index contributed by atoms with van der Waals surface area (Å²) in [5, 5.41) is 13.8. The topological polar surface area (TPSA) is 100 Å². The molecule has 0 aliphatic carbocycles. The summed E-state index contributed by atoms with van der Waals surface area (Å²) < 4.78 is 18.0. The number of nitrogens with zero attached hydrogens (tertiary/aromatic N) is 4. The largest absolute Gasteiger partial charge is 0.486 e. The predicted molar refractivity (Wildman–Crippen MR) is 90.7 cm³/mol. The Morgan fingerprint density at radius 2 is 2.04 bits per heavy atom. The summed E-state index contributed by atoms with van der Waals surface area (Å²) in [4.78, 5) is 12.1. The number of carbonyl (C=O) groups is 1. The lowest BCUT2D eigenvalue weighted by Gasteiger charge is -2.19. The first kappa shape index (κ1) is 15.9. The number of benzene rings is 2. The van der Waals surface area contributed by atoms with Gasteiger partial charge in [-0.1, -0.05) is 6.07 Å². The normalized spacial score (nSPS) is 12.5. The van der Waals surface area contributed by atoms with Crippen LogP contribution in [0.3, 0.4) is 0 Å². The Labute approximate surface area is 148 Å². The summed E-state index contributed by atoms with van der Waals surface area (Å²) in [5.74, 6) is 1.54. The molecule has 2 heterocycles. The summed E-state index contributed by atoms with van der Waals surface area (Å²) in [6, 6.07) is 12.4. The Hall–Kier alpha value is -3.62. The number of aromatic nitrogens is 4. The maximum atomic E-state index is 12.1. The number of anilines is 1. The smallest absolute Gasteiger partial charge is 0.262 e. The molecule has 0 unspecified atom stereocenters. The number of amides is 1. The molecular weight excluding hydrogens is 338 g/mol. The summed E-state index contributed by atoms with van der Waals surface area (Å²) in [6.45, 7) is 0.884. The van der Waals surface area contributed by atoms with Crippen LogP contribution < -0.4 is 19.5 Å². The third-order valence-electron chi connectivity index (χ3n) is 3.63. The Morgan fingerprint density at radius 1 is 1.15 bits per heavy atom. The quantitative estimate of drug-likeness (QED) is 0.741. The van der Waals surface area contributed by atoms with Crippen LogP contribution >= 0.6 is 0 Å². The molecule has 26 heavy (non-hydrogen) atoms. The second-order valence-electron chi connectivity index (χ2n) is 5.45. The van der Waals surface area contributed by atoms with Gasteiger partial charge in [0.1, 0.15) is 25.3 Å². The lowest BCUT2D eigenvalue weighted by Crippen LogP contribution is -2.21. The lowest BCUT2D eigenvalue weighted by atomic mass is 10.2. The van der Waals surface area contributed by atoms with Crippen molar-refractivity contribution in [2.24, 2.45) is 0 Å². The Kier molecular flexibility index (Phi) is 4.33. The minimum atomic E-state index is -0.283. The molecule has 9 heteroatoms. The van der Waals surface area contributed by atoms with Crippen molar-refractivity contribution in [3.05, 3.63) is 48.8 Å². The average Bonchev–Trinajstić information content (AvgIpc) is 3.21. The maximum Gasteiger partial charge on any atom is 0.262 e. The fraction of sp³-hybridized carbons (Fsp3) is 0.176. The molecule has 0 fully saturated rings. The van der Waals surface area contributed by atoms with Crippen molar-refractivity contribution in [2.45, 2.75) is 0 Å². The van der Waals surface area contributed by atoms with E-state index in [-0.39, 0.29) is 12.5 Å². The number of nitrogens with one attached hydrogen (secondary N) is 1. The van der Waals surface area contributed by atoms with Gasteiger partial charge >= 0.3 is 0 Å². The molecule has 0 atom stereocenters. The van der Waals surface area contributed by atoms with Gasteiger partial charge in [-0.2, -0.15) is 0 Å². The number of ether oxygens (including phenoxy) is 3. The van der Waals surface area contributed by atoms with Gasteiger partial charge in [-0.05, 0) is 34.7 Å². The Balaban J connectivity index is 1.36. The van der Waals surface area contributed by atoms with Gasteiger partial charge in [0.2, 0.25) is 0 Å². The second kappa shape index (κ2) is 7.09. The van der Waals surface area contributed by atoms with E-state index < -0.39 is 0 Å². The molecule has 1 aromatic heterocycles. The monoisotopic (exact) mass is 353 g/mol. The van der Waals surface area contributed by atoms with Crippen LogP contribution in [-0.2, 0) is 4.79 Å². The van der Waals surface area contributed by atoms with E-state index in [0.717, 1.165) is 5.69 Å². The molecule has 2 aromatic carbocycles. The van der Waals surface area contributed by atoms with Crippen molar-refractivity contribution < 1.29 is 19.0 Å². The van der Waals surface area contributed by atoms with E-state index in [9.17, 15) is 4.79 Å². The first-order valence-corrected chi connectivity index (χ1v) is 7.94. The molecule has 0 saturated carbocycles. The molecule has 0 radical (unpaired) electrons. The van der Waals surface area contributed by atoms with Crippen molar-refractivity contribution in [1.29, 1.82) is 0 Å². The van der Waals surface area contributed by atoms with Crippen molar-refractivity contribution in [2.75, 3.05) is 25.1 Å². The van der Waals surface area contributed by atoms with Gasteiger partial charge in [0.25, 0.3) is 5.91 Å². The van der Waals surface area contributed by atoms with E-state index in [0.29, 0.717) is 36.1 Å². The molecule has 1 amide bonds. The highest BCUT2D eigenvalue weighted by atomic mass is 16.6. The first-order chi connectivity index (χ1) is 12.8. The predicted octanol–water partition coefficient (Wildman–Crippen LogP) is 1.45. The first-order valence-electron chi connectivity index (χ1n) is 7.94. The van der Waals surface area contributed by atoms with Crippen LogP contribution in [-0.4, -0.2) is 45.9 Å². The Bertz CT molecular complexity index is 913. The zero-order valence-electron chi connectivity index (χ0n) is 13.7. The highest BCUT2D eigenvalue weighted by molar-refractivity contribution is 5.92. The summed E-state index contributed by atoms with van der Waals surface area (Å²) in [6.07, 6.45) is 1.48. The zero-order valence-corrected chi connectivity index (χ0v) is 13.7. The number of rotatable bonds is 5. The third-order valence-corrected chi connectivity index (χ3v) is 3.63. The number of fused-ring (bicyclic) bond motifs is 1. The molecule has 1 aliphatic rings. The SMILES string of the molecule is O=C(COc1cccc(-n2cnnn2)c1)Nc1ccc2c(c1)OCCO2. The van der Waals surface area contributed by atoms with Crippen LogP contribution in [0, 0.1) is 0 Å². The third kappa shape index (κ3) is 3.56. The van der Waals surface area contributed by atoms with Gasteiger partial charge in [-0.25, -0.2) is 4.68 Å². The second-order valence-corrected chi connectivity index (χ2v) is 5.45. The van der Waals surface area contributed by atoms with Gasteiger partial charge in [-0.3, -0.25) is 4.79 Å². The van der Waals surface area contributed by atoms with Gasteiger partial charge in [0, 0.05) is 17.8 Å². The highest BCUT2D eigenvalue weighted by Gasteiger charge is 2.13. The molecular formula is C17H15N5O4. The van der Waals surface area contributed by atoms with Crippen LogP contribution in [0.5, 0.6) is 17.2 Å². The van der Waals surface area contributed by atoms with E-state index in [1.807, 2.05) is 6.07 Å². The fourth-order valence-electron chi connectivity index (χ4n) is 2.46. The van der Waals surface area contributed by atoms with Crippen molar-refractivity contribution >= 4 is 11.6 Å². The number of hydrogen-bond acceptors (Lipinski definition) is 7. The molecule has 9 nitrogen and oxygen atoms in total. The van der Waals surface area contributed by atoms with Crippen molar-refractivity contribution in [3.63, 3.8) is 0 Å². The van der Waals surface area contributed by atoms with Crippen molar-refractivity contribution in [1.82, 2.24) is 20.2 Å². The molecule has 3 aromatic rings. The van der Waals surface area contributed by atoms with Crippen molar-refractivity contribution in [3.8, 4) is 22.9 Å². The summed E-state index contributed by atoms with van der Waals surface area (Å²) >= 11 is 0. The summed E-state index contributed by atoms with van der Waals surface area (Å²) in [5.41, 5.74) is 1.35. The van der Waals surface area contributed by atoms with Crippen LogP contribution in [0.15, 0.2) is 48.8 Å². The maximum absolute atomic E-state index is 12.1. The van der Waals surface area contributed by atoms with Crippen LogP contribution in [0.25, 0.3) is 5.69 Å².